The lowest BCUT2D eigenvalue weighted by Gasteiger charge is -2.36. The first-order valence-corrected chi connectivity index (χ1v) is 9.56. The van der Waals surface area contributed by atoms with Crippen LogP contribution in [0.15, 0.2) is 21.9 Å². The third-order valence-corrected chi connectivity index (χ3v) is 5.27. The van der Waals surface area contributed by atoms with Gasteiger partial charge in [0.15, 0.2) is 0 Å². The van der Waals surface area contributed by atoms with Crippen molar-refractivity contribution in [2.45, 2.75) is 52.1 Å². The van der Waals surface area contributed by atoms with E-state index in [4.69, 9.17) is 5.73 Å². The van der Waals surface area contributed by atoms with E-state index in [1.54, 1.807) is 0 Å². The monoisotopic (exact) mass is 387 g/mol. The Kier molecular flexibility index (Phi) is 5.62. The van der Waals surface area contributed by atoms with Gasteiger partial charge in [0.2, 0.25) is 5.91 Å². The minimum absolute atomic E-state index is 0.169. The minimum atomic E-state index is -0.677. The van der Waals surface area contributed by atoms with Crippen molar-refractivity contribution in [3.8, 4) is 0 Å². The van der Waals surface area contributed by atoms with Gasteiger partial charge in [-0.2, -0.15) is 0 Å². The van der Waals surface area contributed by atoms with Crippen molar-refractivity contribution in [3.63, 3.8) is 0 Å². The fourth-order valence-corrected chi connectivity index (χ4v) is 3.63. The van der Waals surface area contributed by atoms with Crippen LogP contribution in [0.2, 0.25) is 0 Å². The molecule has 2 aromatic heterocycles. The summed E-state index contributed by atoms with van der Waals surface area (Å²) >= 11 is 0. The van der Waals surface area contributed by atoms with Gasteiger partial charge in [0.05, 0.1) is 10.9 Å². The quantitative estimate of drug-likeness (QED) is 0.776. The lowest BCUT2D eigenvalue weighted by Crippen LogP contribution is -2.52. The number of primary amides is 1. The Morgan fingerprint density at radius 1 is 1.36 bits per heavy atom. The molecule has 3 heterocycles. The Labute approximate surface area is 161 Å². The summed E-state index contributed by atoms with van der Waals surface area (Å²) in [5, 5.41) is 0.169. The summed E-state index contributed by atoms with van der Waals surface area (Å²) in [6.45, 7) is 4.86. The second-order valence-electron chi connectivity index (χ2n) is 7.41. The lowest BCUT2D eigenvalue weighted by molar-refractivity contribution is -0.124. The van der Waals surface area contributed by atoms with Crippen LogP contribution >= 0.6 is 0 Å². The Morgan fingerprint density at radius 3 is 2.79 bits per heavy atom. The highest BCUT2D eigenvalue weighted by Crippen LogP contribution is 2.24. The zero-order chi connectivity index (χ0) is 20.4. The van der Waals surface area contributed by atoms with Gasteiger partial charge in [-0.05, 0) is 31.2 Å². The first kappa shape index (κ1) is 19.8. The lowest BCUT2D eigenvalue weighted by atomic mass is 9.91. The van der Waals surface area contributed by atoms with Crippen molar-refractivity contribution in [2.24, 2.45) is 11.7 Å². The topological polar surface area (TPSA) is 131 Å². The molecular formula is C19H25N5O4. The van der Waals surface area contributed by atoms with E-state index >= 15 is 0 Å². The van der Waals surface area contributed by atoms with Crippen LogP contribution in [0, 0.1) is 5.92 Å². The molecule has 0 radical (unpaired) electrons. The molecule has 0 aliphatic carbocycles. The number of hydrogen-bond acceptors (Lipinski definition) is 5. The van der Waals surface area contributed by atoms with E-state index in [0.717, 1.165) is 19.3 Å². The molecular weight excluding hydrogens is 362 g/mol. The molecule has 1 saturated heterocycles. The van der Waals surface area contributed by atoms with E-state index in [0.29, 0.717) is 25.4 Å². The number of carbonyl (C=O) groups excluding carboxylic acids is 2. The van der Waals surface area contributed by atoms with Gasteiger partial charge in [0, 0.05) is 19.3 Å². The fraction of sp³-hybridized carbons (Fsp3) is 0.526. The SMILES string of the molecule is CCCCn1c(=O)[nH]c(=O)c2cc(C(=O)N3CC[C@H](C)C[C@@H]3C(N)=O)cnc21. The van der Waals surface area contributed by atoms with Crippen molar-refractivity contribution in [1.82, 2.24) is 19.4 Å². The smallest absolute Gasteiger partial charge is 0.329 e. The zero-order valence-corrected chi connectivity index (χ0v) is 16.1. The van der Waals surface area contributed by atoms with Crippen LogP contribution < -0.4 is 17.0 Å². The van der Waals surface area contributed by atoms with Crippen molar-refractivity contribution in [2.75, 3.05) is 6.54 Å². The predicted molar refractivity (Wildman–Crippen MR) is 104 cm³/mol. The number of carbonyl (C=O) groups is 2. The highest BCUT2D eigenvalue weighted by Gasteiger charge is 2.34. The van der Waals surface area contributed by atoms with Gasteiger partial charge in [-0.3, -0.25) is 23.9 Å². The third-order valence-electron chi connectivity index (χ3n) is 5.27. The molecule has 9 nitrogen and oxygen atoms in total. The van der Waals surface area contributed by atoms with E-state index < -0.39 is 29.1 Å². The molecule has 2 atom stereocenters. The molecule has 0 saturated carbocycles. The van der Waals surface area contributed by atoms with Crippen LogP contribution in [-0.4, -0.2) is 43.8 Å². The normalized spacial score (nSPS) is 19.7. The van der Waals surface area contributed by atoms with Crippen LogP contribution in [0.4, 0.5) is 0 Å². The number of unbranched alkanes of at least 4 members (excludes halogenated alkanes) is 1. The van der Waals surface area contributed by atoms with Crippen molar-refractivity contribution in [3.05, 3.63) is 38.7 Å². The number of amides is 2. The predicted octanol–water partition coefficient (Wildman–Crippen LogP) is 0.611. The molecule has 1 fully saturated rings. The van der Waals surface area contributed by atoms with Crippen molar-refractivity contribution < 1.29 is 9.59 Å². The summed E-state index contributed by atoms with van der Waals surface area (Å²) in [5.74, 6) is -0.636. The number of nitrogens with one attached hydrogen (secondary N) is 1. The largest absolute Gasteiger partial charge is 0.368 e. The highest BCUT2D eigenvalue weighted by atomic mass is 16.2. The average Bonchev–Trinajstić information content (AvgIpc) is 2.67. The number of aromatic nitrogens is 3. The number of likely N-dealkylation sites (tertiary alicyclic amines) is 1. The highest BCUT2D eigenvalue weighted by molar-refractivity contribution is 5.99. The Hall–Kier alpha value is -2.97. The average molecular weight is 387 g/mol. The maximum absolute atomic E-state index is 13.0. The molecule has 1 aliphatic heterocycles. The molecule has 0 bridgehead atoms. The van der Waals surface area contributed by atoms with Crippen LogP contribution in [0.25, 0.3) is 11.0 Å². The summed E-state index contributed by atoms with van der Waals surface area (Å²) in [7, 11) is 0. The van der Waals surface area contributed by atoms with E-state index in [9.17, 15) is 19.2 Å². The molecule has 0 spiro atoms. The van der Waals surface area contributed by atoms with Crippen LogP contribution in [0.1, 0.15) is 49.9 Å². The Balaban J connectivity index is 2.02. The molecule has 2 aromatic rings. The molecule has 2 amide bonds. The standard InChI is InChI=1S/C19H25N5O4/c1-3-4-6-24-16-13(17(26)22-19(24)28)9-12(10-21-16)18(27)23-7-5-11(2)8-14(23)15(20)25/h9-11,14H,3-8H2,1-2H3,(H2,20,25)(H,22,26,28)/t11-,14+/m0/s1. The van der Waals surface area contributed by atoms with E-state index in [2.05, 4.69) is 9.97 Å². The summed E-state index contributed by atoms with van der Waals surface area (Å²) in [4.78, 5) is 57.2. The van der Waals surface area contributed by atoms with Gasteiger partial charge in [-0.1, -0.05) is 20.3 Å². The minimum Gasteiger partial charge on any atom is -0.368 e. The number of fused-ring (bicyclic) bond motifs is 1. The van der Waals surface area contributed by atoms with Gasteiger partial charge in [0.1, 0.15) is 11.7 Å². The van der Waals surface area contributed by atoms with Crippen LogP contribution in [0.5, 0.6) is 0 Å². The van der Waals surface area contributed by atoms with Gasteiger partial charge in [0.25, 0.3) is 11.5 Å². The number of hydrogen-bond donors (Lipinski definition) is 2. The molecule has 28 heavy (non-hydrogen) atoms. The molecule has 9 heteroatoms. The number of piperidine rings is 1. The van der Waals surface area contributed by atoms with Gasteiger partial charge >= 0.3 is 5.69 Å². The second-order valence-corrected chi connectivity index (χ2v) is 7.41. The molecule has 1 aliphatic rings. The molecule has 150 valence electrons. The summed E-state index contributed by atoms with van der Waals surface area (Å²) in [6.07, 6.45) is 4.27. The first-order chi connectivity index (χ1) is 13.3. The van der Waals surface area contributed by atoms with Crippen LogP contribution in [0.3, 0.4) is 0 Å². The fourth-order valence-electron chi connectivity index (χ4n) is 3.63. The summed E-state index contributed by atoms with van der Waals surface area (Å²) < 4.78 is 1.41. The second kappa shape index (κ2) is 7.95. The number of pyridine rings is 1. The number of nitrogens with zero attached hydrogens (tertiary/aromatic N) is 3. The van der Waals surface area contributed by atoms with E-state index in [-0.39, 0.29) is 16.6 Å². The van der Waals surface area contributed by atoms with Gasteiger partial charge in [-0.15, -0.1) is 0 Å². The number of nitrogens with two attached hydrogens (primary N) is 1. The number of aryl methyl sites for hydroxylation is 1. The zero-order valence-electron chi connectivity index (χ0n) is 16.1. The van der Waals surface area contributed by atoms with Crippen molar-refractivity contribution >= 4 is 22.8 Å². The maximum atomic E-state index is 13.0. The number of aromatic amines is 1. The van der Waals surface area contributed by atoms with Gasteiger partial charge < -0.3 is 10.6 Å². The third kappa shape index (κ3) is 3.69. The Bertz CT molecular complexity index is 1030. The van der Waals surface area contributed by atoms with E-state index in [1.807, 2.05) is 13.8 Å². The van der Waals surface area contributed by atoms with Crippen molar-refractivity contribution in [1.29, 1.82) is 0 Å². The number of rotatable bonds is 5. The summed E-state index contributed by atoms with van der Waals surface area (Å²) in [5.41, 5.74) is 4.83. The molecule has 0 aromatic carbocycles. The summed E-state index contributed by atoms with van der Waals surface area (Å²) in [6, 6.07) is 0.755. The Morgan fingerprint density at radius 2 is 2.11 bits per heavy atom. The maximum Gasteiger partial charge on any atom is 0.329 e. The van der Waals surface area contributed by atoms with Gasteiger partial charge in [-0.25, -0.2) is 9.78 Å². The van der Waals surface area contributed by atoms with E-state index in [1.165, 1.54) is 21.7 Å². The molecule has 0 unspecified atom stereocenters. The number of H-pyrrole nitrogens is 1. The van der Waals surface area contributed by atoms with Crippen LogP contribution in [-0.2, 0) is 11.3 Å². The first-order valence-electron chi connectivity index (χ1n) is 9.56. The molecule has 3 N–H and O–H groups in total. The molecule has 3 rings (SSSR count).